The van der Waals surface area contributed by atoms with Crippen molar-refractivity contribution in [3.63, 3.8) is 0 Å². The van der Waals surface area contributed by atoms with E-state index in [2.05, 4.69) is 4.98 Å². The number of halogens is 1. The van der Waals surface area contributed by atoms with Gasteiger partial charge >= 0.3 is 5.97 Å². The Morgan fingerprint density at radius 3 is 2.62 bits per heavy atom. The average molecular weight is 397 g/mol. The number of allylic oxidation sites excluding steroid dienone is 1. The quantitative estimate of drug-likeness (QED) is 0.464. The molecule has 1 aliphatic rings. The van der Waals surface area contributed by atoms with Gasteiger partial charge < -0.3 is 9.47 Å². The van der Waals surface area contributed by atoms with Gasteiger partial charge in [0.2, 0.25) is 0 Å². The molecule has 29 heavy (non-hydrogen) atoms. The Bertz CT molecular complexity index is 921. The molecular weight excluding hydrogens is 369 g/mol. The molecule has 0 saturated carbocycles. The summed E-state index contributed by atoms with van der Waals surface area (Å²) < 4.78 is 26.2. The molecule has 0 fully saturated rings. The minimum atomic E-state index is -1.08. The van der Waals surface area contributed by atoms with Gasteiger partial charge in [0.1, 0.15) is 11.6 Å². The fourth-order valence-corrected chi connectivity index (χ4v) is 3.95. The third kappa shape index (κ3) is 4.19. The molecule has 4 nitrogen and oxygen atoms in total. The van der Waals surface area contributed by atoms with Crippen LogP contribution in [0.3, 0.4) is 0 Å². The van der Waals surface area contributed by atoms with Crippen molar-refractivity contribution in [2.75, 3.05) is 6.61 Å². The first kappa shape index (κ1) is 21.0. The zero-order valence-corrected chi connectivity index (χ0v) is 17.7. The molecule has 0 spiro atoms. The first-order valence-corrected chi connectivity index (χ1v) is 9.89. The van der Waals surface area contributed by atoms with Crippen LogP contribution < -0.4 is 4.74 Å². The van der Waals surface area contributed by atoms with Crippen LogP contribution in [0, 0.1) is 17.2 Å². The van der Waals surface area contributed by atoms with E-state index < -0.39 is 22.8 Å². The van der Waals surface area contributed by atoms with Crippen LogP contribution >= 0.6 is 0 Å². The van der Waals surface area contributed by atoms with Crippen LogP contribution in [-0.4, -0.2) is 17.6 Å². The molecule has 0 aliphatic heterocycles. The summed E-state index contributed by atoms with van der Waals surface area (Å²) in [5.41, 5.74) is 0.603. The second kappa shape index (κ2) is 7.97. The molecule has 1 aromatic carbocycles. The Morgan fingerprint density at radius 2 is 2.03 bits per heavy atom. The Labute approximate surface area is 171 Å². The van der Waals surface area contributed by atoms with Gasteiger partial charge in [-0.3, -0.25) is 4.98 Å². The second-order valence-corrected chi connectivity index (χ2v) is 8.76. The molecular formula is C24H28FNO3. The van der Waals surface area contributed by atoms with Crippen LogP contribution in [0.15, 0.2) is 54.4 Å². The highest BCUT2D eigenvalue weighted by Crippen LogP contribution is 2.55. The number of benzene rings is 1. The van der Waals surface area contributed by atoms with Gasteiger partial charge in [0.15, 0.2) is 5.60 Å². The minimum Gasteiger partial charge on any atom is -0.493 e. The number of pyridine rings is 1. The zero-order chi connectivity index (χ0) is 21.2. The molecule has 154 valence electrons. The first-order chi connectivity index (χ1) is 13.6. The highest BCUT2D eigenvalue weighted by atomic mass is 19.1. The number of carbonyl (C=O) groups is 1. The van der Waals surface area contributed by atoms with Crippen LogP contribution in [0.4, 0.5) is 4.39 Å². The van der Waals surface area contributed by atoms with Crippen molar-refractivity contribution in [2.24, 2.45) is 11.3 Å². The molecule has 3 rings (SSSR count). The van der Waals surface area contributed by atoms with E-state index in [1.807, 2.05) is 40.7 Å². The predicted octanol–water partition coefficient (Wildman–Crippen LogP) is 5.68. The van der Waals surface area contributed by atoms with Crippen molar-refractivity contribution in [1.29, 1.82) is 0 Å². The lowest BCUT2D eigenvalue weighted by Gasteiger charge is -2.41. The second-order valence-electron chi connectivity index (χ2n) is 8.76. The number of nitrogens with zero attached hydrogens (tertiary/aromatic N) is 1. The number of aromatic nitrogens is 1. The van der Waals surface area contributed by atoms with Gasteiger partial charge in [0.25, 0.3) is 0 Å². The van der Waals surface area contributed by atoms with Crippen LogP contribution in [0.2, 0.25) is 0 Å². The van der Waals surface area contributed by atoms with E-state index in [0.29, 0.717) is 23.5 Å². The number of hydrogen-bond donors (Lipinski definition) is 0. The van der Waals surface area contributed by atoms with Gasteiger partial charge in [-0.25, -0.2) is 9.18 Å². The number of carbonyl (C=O) groups excluding carboxylic acids is 1. The molecule has 1 heterocycles. The van der Waals surface area contributed by atoms with E-state index in [1.54, 1.807) is 24.4 Å². The van der Waals surface area contributed by atoms with Gasteiger partial charge in [0.05, 0.1) is 12.2 Å². The summed E-state index contributed by atoms with van der Waals surface area (Å²) in [5, 5.41) is 0. The van der Waals surface area contributed by atoms with Crippen molar-refractivity contribution < 1.29 is 18.7 Å². The largest absolute Gasteiger partial charge is 0.493 e. The maximum Gasteiger partial charge on any atom is 0.340 e. The normalized spacial score (nSPS) is 20.4. The van der Waals surface area contributed by atoms with Crippen LogP contribution in [0.25, 0.3) is 0 Å². The smallest absolute Gasteiger partial charge is 0.340 e. The Balaban J connectivity index is 2.12. The number of hydrogen-bond acceptors (Lipinski definition) is 4. The van der Waals surface area contributed by atoms with Crippen LogP contribution in [-0.2, 0) is 10.3 Å². The fraction of sp³-hybridized carbons (Fsp3) is 0.417. The minimum absolute atomic E-state index is 0.272. The van der Waals surface area contributed by atoms with Crippen molar-refractivity contribution in [1.82, 2.24) is 4.98 Å². The Kier molecular flexibility index (Phi) is 5.78. The van der Waals surface area contributed by atoms with E-state index >= 15 is 0 Å². The maximum atomic E-state index is 14.1. The summed E-state index contributed by atoms with van der Waals surface area (Å²) in [6.45, 7) is 10.6. The summed E-state index contributed by atoms with van der Waals surface area (Å²) >= 11 is 0. The summed E-state index contributed by atoms with van der Waals surface area (Å²) in [6.07, 6.45) is 5.80. The van der Waals surface area contributed by atoms with Gasteiger partial charge in [0, 0.05) is 29.4 Å². The van der Waals surface area contributed by atoms with Crippen LogP contribution in [0.5, 0.6) is 5.75 Å². The van der Waals surface area contributed by atoms with Crippen molar-refractivity contribution in [3.05, 3.63) is 71.3 Å². The molecule has 0 N–H and O–H groups in total. The number of ether oxygens (including phenoxy) is 2. The molecule has 1 unspecified atom stereocenters. The average Bonchev–Trinajstić information content (AvgIpc) is 2.89. The lowest BCUT2D eigenvalue weighted by atomic mass is 9.72. The van der Waals surface area contributed by atoms with Gasteiger partial charge in [-0.2, -0.15) is 0 Å². The molecule has 0 radical (unpaired) electrons. The molecule has 5 heteroatoms. The van der Waals surface area contributed by atoms with Crippen LogP contribution in [0.1, 0.15) is 57.0 Å². The van der Waals surface area contributed by atoms with Crippen molar-refractivity contribution in [3.8, 4) is 5.75 Å². The summed E-state index contributed by atoms with van der Waals surface area (Å²) in [4.78, 5) is 17.0. The highest BCUT2D eigenvalue weighted by molar-refractivity contribution is 5.89. The Morgan fingerprint density at radius 1 is 1.28 bits per heavy atom. The first-order valence-electron chi connectivity index (χ1n) is 9.89. The van der Waals surface area contributed by atoms with E-state index in [0.717, 1.165) is 12.0 Å². The van der Waals surface area contributed by atoms with E-state index in [1.165, 1.54) is 18.3 Å². The summed E-state index contributed by atoms with van der Waals surface area (Å²) in [7, 11) is 0. The molecule has 0 amide bonds. The Hall–Kier alpha value is -2.69. The molecule has 0 saturated heterocycles. The monoisotopic (exact) mass is 397 g/mol. The molecule has 2 aromatic rings. The topological polar surface area (TPSA) is 48.4 Å². The maximum absolute atomic E-state index is 14.1. The predicted molar refractivity (Wildman–Crippen MR) is 110 cm³/mol. The third-order valence-electron chi connectivity index (χ3n) is 5.24. The summed E-state index contributed by atoms with van der Waals surface area (Å²) in [6, 6.07) is 7.78. The number of rotatable bonds is 6. The third-order valence-corrected chi connectivity index (χ3v) is 5.24. The molecule has 1 aromatic heterocycles. The fourth-order valence-electron chi connectivity index (χ4n) is 3.95. The molecule has 1 atom stereocenters. The SMILES string of the molecule is CC1=CC(OC(=O)c2cccnc2)(c2ccc(F)cc2OCC(C)C)C(C)(C)C1. The lowest BCUT2D eigenvalue weighted by molar-refractivity contribution is -0.0518. The zero-order valence-electron chi connectivity index (χ0n) is 17.7. The van der Waals surface area contributed by atoms with Crippen molar-refractivity contribution in [2.45, 2.75) is 46.6 Å². The van der Waals surface area contributed by atoms with E-state index in [-0.39, 0.29) is 5.92 Å². The van der Waals surface area contributed by atoms with Gasteiger partial charge in [-0.1, -0.05) is 33.3 Å². The van der Waals surface area contributed by atoms with Gasteiger partial charge in [-0.15, -0.1) is 0 Å². The van der Waals surface area contributed by atoms with Crippen molar-refractivity contribution >= 4 is 5.97 Å². The highest BCUT2D eigenvalue weighted by Gasteiger charge is 2.53. The molecule has 0 bridgehead atoms. The number of esters is 1. The van der Waals surface area contributed by atoms with E-state index in [9.17, 15) is 9.18 Å². The van der Waals surface area contributed by atoms with Gasteiger partial charge in [-0.05, 0) is 49.6 Å². The lowest BCUT2D eigenvalue weighted by Crippen LogP contribution is -2.42. The molecule has 1 aliphatic carbocycles. The van der Waals surface area contributed by atoms with E-state index in [4.69, 9.17) is 9.47 Å². The summed E-state index contributed by atoms with van der Waals surface area (Å²) in [5.74, 6) is -0.195. The standard InChI is InChI=1S/C24H28FNO3/c1-16(2)15-28-21-11-19(25)8-9-20(21)24(13-17(3)12-23(24,4)5)29-22(27)18-7-6-10-26-14-18/h6-11,13-14,16H,12,15H2,1-5H3.